The van der Waals surface area contributed by atoms with Crippen molar-refractivity contribution in [2.75, 3.05) is 33.2 Å². The maximum atomic E-state index is 11.9. The third-order valence-corrected chi connectivity index (χ3v) is 3.78. The van der Waals surface area contributed by atoms with Crippen LogP contribution in [-0.4, -0.2) is 56.2 Å². The van der Waals surface area contributed by atoms with Crippen molar-refractivity contribution in [1.82, 2.24) is 15.5 Å². The van der Waals surface area contributed by atoms with Gasteiger partial charge in [0.15, 0.2) is 0 Å². The first-order valence-electron chi connectivity index (χ1n) is 7.98. The second-order valence-electron chi connectivity index (χ2n) is 6.01. The van der Waals surface area contributed by atoms with Crippen LogP contribution < -0.4 is 10.6 Å². The van der Waals surface area contributed by atoms with Crippen LogP contribution in [0.25, 0.3) is 0 Å². The zero-order chi connectivity index (χ0) is 15.9. The Bertz CT molecular complexity index is 475. The number of nitrogens with zero attached hydrogens (tertiary/aromatic N) is 1. The first-order chi connectivity index (χ1) is 10.6. The van der Waals surface area contributed by atoms with Crippen LogP contribution in [-0.2, 0) is 11.3 Å². The van der Waals surface area contributed by atoms with Gasteiger partial charge in [-0.05, 0) is 38.6 Å². The Labute approximate surface area is 157 Å². The summed E-state index contributed by atoms with van der Waals surface area (Å²) in [6, 6.07) is 7.88. The predicted molar refractivity (Wildman–Crippen MR) is 102 cm³/mol. The number of morpholine rings is 1. The third-order valence-electron chi connectivity index (χ3n) is 3.78. The van der Waals surface area contributed by atoms with Gasteiger partial charge in [0, 0.05) is 38.3 Å². The quantitative estimate of drug-likeness (QED) is 0.745. The summed E-state index contributed by atoms with van der Waals surface area (Å²) in [4.78, 5) is 14.3. The lowest BCUT2D eigenvalue weighted by Crippen LogP contribution is -2.44. The number of hydrogen-bond donors (Lipinski definition) is 2. The fourth-order valence-corrected chi connectivity index (χ4v) is 2.84. The second kappa shape index (κ2) is 11.7. The number of benzene rings is 1. The van der Waals surface area contributed by atoms with Crippen LogP contribution in [0.3, 0.4) is 0 Å². The Kier molecular flexibility index (Phi) is 11.2. The number of amides is 1. The van der Waals surface area contributed by atoms with Crippen molar-refractivity contribution in [3.63, 3.8) is 0 Å². The zero-order valence-electron chi connectivity index (χ0n) is 14.6. The van der Waals surface area contributed by atoms with E-state index in [2.05, 4.69) is 29.4 Å². The first-order valence-corrected chi connectivity index (χ1v) is 7.98. The molecule has 1 aliphatic heterocycles. The third kappa shape index (κ3) is 7.36. The van der Waals surface area contributed by atoms with Crippen molar-refractivity contribution in [2.45, 2.75) is 32.6 Å². The molecule has 1 fully saturated rings. The van der Waals surface area contributed by atoms with Crippen molar-refractivity contribution >= 4 is 30.7 Å². The van der Waals surface area contributed by atoms with E-state index >= 15 is 0 Å². The maximum absolute atomic E-state index is 11.9. The molecule has 2 unspecified atom stereocenters. The van der Waals surface area contributed by atoms with Gasteiger partial charge in [0.1, 0.15) is 0 Å². The Morgan fingerprint density at radius 2 is 1.71 bits per heavy atom. The Morgan fingerprint density at radius 3 is 2.25 bits per heavy atom. The van der Waals surface area contributed by atoms with Crippen LogP contribution in [0, 0.1) is 0 Å². The van der Waals surface area contributed by atoms with Gasteiger partial charge in [-0.25, -0.2) is 0 Å². The molecule has 0 bridgehead atoms. The first kappa shape index (κ1) is 23.1. The number of carbonyl (C=O) groups is 1. The molecule has 1 heterocycles. The van der Waals surface area contributed by atoms with Crippen molar-refractivity contribution < 1.29 is 9.53 Å². The lowest BCUT2D eigenvalue weighted by Gasteiger charge is -2.35. The van der Waals surface area contributed by atoms with E-state index in [9.17, 15) is 4.79 Å². The molecule has 2 N–H and O–H groups in total. The van der Waals surface area contributed by atoms with Crippen LogP contribution in [0.2, 0.25) is 0 Å². The standard InChI is InChI=1S/C17H27N3O2.2ClH/c1-13-10-20(11-14(2)22-13)12-15-4-6-16(7-5-15)17(21)19-9-8-18-3;;/h4-7,13-14,18H,8-12H2,1-3H3,(H,19,21);2*1H. The number of ether oxygens (including phenoxy) is 1. The van der Waals surface area contributed by atoms with E-state index in [0.717, 1.165) is 26.2 Å². The molecule has 1 aliphatic rings. The summed E-state index contributed by atoms with van der Waals surface area (Å²) < 4.78 is 5.75. The normalized spacial score (nSPS) is 20.6. The summed E-state index contributed by atoms with van der Waals surface area (Å²) in [5.74, 6) is -0.0181. The predicted octanol–water partition coefficient (Wildman–Crippen LogP) is 2.09. The summed E-state index contributed by atoms with van der Waals surface area (Å²) in [7, 11) is 1.87. The van der Waals surface area contributed by atoms with Gasteiger partial charge in [-0.2, -0.15) is 0 Å². The number of likely N-dealkylation sites (N-methyl/N-ethyl adjacent to an activating group) is 1. The zero-order valence-corrected chi connectivity index (χ0v) is 16.2. The van der Waals surface area contributed by atoms with Gasteiger partial charge in [0.25, 0.3) is 5.91 Å². The van der Waals surface area contributed by atoms with E-state index in [1.165, 1.54) is 5.56 Å². The highest BCUT2D eigenvalue weighted by atomic mass is 35.5. The van der Waals surface area contributed by atoms with Gasteiger partial charge in [0.05, 0.1) is 12.2 Å². The summed E-state index contributed by atoms with van der Waals surface area (Å²) in [6.45, 7) is 8.45. The highest BCUT2D eigenvalue weighted by molar-refractivity contribution is 5.94. The molecule has 0 radical (unpaired) electrons. The molecule has 0 spiro atoms. The SMILES string of the molecule is CNCCNC(=O)c1ccc(CN2CC(C)OC(C)C2)cc1.Cl.Cl. The van der Waals surface area contributed by atoms with Crippen LogP contribution in [0.4, 0.5) is 0 Å². The summed E-state index contributed by atoms with van der Waals surface area (Å²) in [5.41, 5.74) is 1.94. The molecule has 138 valence electrons. The highest BCUT2D eigenvalue weighted by Crippen LogP contribution is 2.14. The van der Waals surface area contributed by atoms with Gasteiger partial charge in [0.2, 0.25) is 0 Å². The molecule has 1 aromatic carbocycles. The van der Waals surface area contributed by atoms with Crippen molar-refractivity contribution in [3.05, 3.63) is 35.4 Å². The average molecular weight is 378 g/mol. The smallest absolute Gasteiger partial charge is 0.251 e. The van der Waals surface area contributed by atoms with Gasteiger partial charge >= 0.3 is 0 Å². The largest absolute Gasteiger partial charge is 0.373 e. The fraction of sp³-hybridized carbons (Fsp3) is 0.588. The minimum Gasteiger partial charge on any atom is -0.373 e. The van der Waals surface area contributed by atoms with E-state index in [1.807, 2.05) is 31.3 Å². The average Bonchev–Trinajstić information content (AvgIpc) is 2.47. The molecule has 24 heavy (non-hydrogen) atoms. The summed E-state index contributed by atoms with van der Waals surface area (Å²) in [6.07, 6.45) is 0.557. The fourth-order valence-electron chi connectivity index (χ4n) is 2.84. The van der Waals surface area contributed by atoms with Gasteiger partial charge in [-0.15, -0.1) is 24.8 Å². The van der Waals surface area contributed by atoms with Gasteiger partial charge in [-0.3, -0.25) is 9.69 Å². The molecule has 2 rings (SSSR count). The molecule has 1 amide bonds. The number of hydrogen-bond acceptors (Lipinski definition) is 4. The van der Waals surface area contributed by atoms with Gasteiger partial charge in [-0.1, -0.05) is 12.1 Å². The van der Waals surface area contributed by atoms with E-state index < -0.39 is 0 Å². The lowest BCUT2D eigenvalue weighted by molar-refractivity contribution is -0.0704. The summed E-state index contributed by atoms with van der Waals surface area (Å²) in [5, 5.41) is 5.89. The molecular formula is C17H29Cl2N3O2. The molecule has 0 saturated carbocycles. The molecule has 1 aromatic rings. The number of rotatable bonds is 6. The van der Waals surface area contributed by atoms with Crippen molar-refractivity contribution in [2.24, 2.45) is 0 Å². The minimum atomic E-state index is -0.0181. The molecule has 1 saturated heterocycles. The Balaban J connectivity index is 0.00000264. The highest BCUT2D eigenvalue weighted by Gasteiger charge is 2.21. The number of carbonyl (C=O) groups excluding carboxylic acids is 1. The van der Waals surface area contributed by atoms with E-state index in [1.54, 1.807) is 0 Å². The van der Waals surface area contributed by atoms with Crippen molar-refractivity contribution in [1.29, 1.82) is 0 Å². The maximum Gasteiger partial charge on any atom is 0.251 e. The Hall–Kier alpha value is -0.850. The van der Waals surface area contributed by atoms with E-state index in [4.69, 9.17) is 4.74 Å². The van der Waals surface area contributed by atoms with Crippen LogP contribution in [0.1, 0.15) is 29.8 Å². The molecule has 0 aromatic heterocycles. The van der Waals surface area contributed by atoms with E-state index in [-0.39, 0.29) is 42.9 Å². The van der Waals surface area contributed by atoms with Crippen LogP contribution in [0.15, 0.2) is 24.3 Å². The van der Waals surface area contributed by atoms with E-state index in [0.29, 0.717) is 12.1 Å². The molecule has 5 nitrogen and oxygen atoms in total. The topological polar surface area (TPSA) is 53.6 Å². The van der Waals surface area contributed by atoms with Gasteiger partial charge < -0.3 is 15.4 Å². The summed E-state index contributed by atoms with van der Waals surface area (Å²) >= 11 is 0. The molecular weight excluding hydrogens is 349 g/mol. The van der Waals surface area contributed by atoms with Crippen LogP contribution >= 0.6 is 24.8 Å². The van der Waals surface area contributed by atoms with Crippen molar-refractivity contribution in [3.8, 4) is 0 Å². The monoisotopic (exact) mass is 377 g/mol. The van der Waals surface area contributed by atoms with Crippen LogP contribution in [0.5, 0.6) is 0 Å². The molecule has 2 atom stereocenters. The number of nitrogens with one attached hydrogen (secondary N) is 2. The second-order valence-corrected chi connectivity index (χ2v) is 6.01. The molecule has 0 aliphatic carbocycles. The Morgan fingerprint density at radius 1 is 1.12 bits per heavy atom. The number of halogens is 2. The minimum absolute atomic E-state index is 0. The molecule has 7 heteroatoms. The lowest BCUT2D eigenvalue weighted by atomic mass is 10.1.